The maximum atomic E-state index is 14.1. The molecule has 0 radical (unpaired) electrons. The Bertz CT molecular complexity index is 1090. The highest BCUT2D eigenvalue weighted by atomic mass is 32.1. The Kier molecular flexibility index (Phi) is 4.68. The van der Waals surface area contributed by atoms with Gasteiger partial charge in [0.15, 0.2) is 5.13 Å². The summed E-state index contributed by atoms with van der Waals surface area (Å²) in [6, 6.07) is 16.2. The minimum atomic E-state index is -0.388. The van der Waals surface area contributed by atoms with Gasteiger partial charge in [0.05, 0.1) is 11.2 Å². The molecule has 0 bridgehead atoms. The second-order valence-corrected chi connectivity index (χ2v) is 7.00. The number of carbonyl (C=O) groups is 1. The number of halogens is 1. The van der Waals surface area contributed by atoms with Crippen molar-refractivity contribution in [3.8, 4) is 0 Å². The first-order chi connectivity index (χ1) is 13.2. The summed E-state index contributed by atoms with van der Waals surface area (Å²) < 4.78 is 16.5. The Balaban J connectivity index is 1.79. The molecule has 5 nitrogen and oxygen atoms in total. The zero-order chi connectivity index (χ0) is 18.8. The number of rotatable bonds is 5. The number of aromatic nitrogens is 3. The molecule has 4 aromatic rings. The number of benzene rings is 2. The number of nitrogens with zero attached hydrogens (tertiary/aromatic N) is 4. The van der Waals surface area contributed by atoms with Crippen LogP contribution in [0.2, 0.25) is 0 Å². The van der Waals surface area contributed by atoms with Gasteiger partial charge in [0, 0.05) is 12.7 Å². The minimum absolute atomic E-state index is 0.210. The number of hydrogen-bond donors (Lipinski definition) is 0. The molecule has 136 valence electrons. The van der Waals surface area contributed by atoms with Crippen LogP contribution in [0.1, 0.15) is 23.0 Å². The maximum Gasteiger partial charge on any atom is 0.278 e. The van der Waals surface area contributed by atoms with Crippen LogP contribution in [0.25, 0.3) is 10.2 Å². The average Bonchev–Trinajstić information content (AvgIpc) is 3.34. The fraction of sp³-hybridized carbons (Fsp3) is 0.150. The number of amides is 1. The third kappa shape index (κ3) is 3.33. The molecule has 0 N–H and O–H groups in total. The first-order valence-corrected chi connectivity index (χ1v) is 9.41. The standard InChI is InChI=1S/C20H17FN4OS/c1-2-25-16(11-12-22-25)19(26)24(13-14-7-4-3-5-8-14)20-23-18-15(21)9-6-10-17(18)27-20/h3-12H,2,13H2,1H3. The van der Waals surface area contributed by atoms with E-state index in [4.69, 9.17) is 0 Å². The summed E-state index contributed by atoms with van der Waals surface area (Å²) in [7, 11) is 0. The number of thiazole rings is 1. The van der Waals surface area contributed by atoms with Gasteiger partial charge in [0.2, 0.25) is 0 Å². The molecule has 7 heteroatoms. The molecule has 0 unspecified atom stereocenters. The van der Waals surface area contributed by atoms with Crippen molar-refractivity contribution < 1.29 is 9.18 Å². The largest absolute Gasteiger partial charge is 0.278 e. The lowest BCUT2D eigenvalue weighted by Crippen LogP contribution is -2.32. The van der Waals surface area contributed by atoms with E-state index < -0.39 is 0 Å². The molecule has 0 aliphatic carbocycles. The Morgan fingerprint density at radius 3 is 2.70 bits per heavy atom. The van der Waals surface area contributed by atoms with Crippen molar-refractivity contribution >= 4 is 32.6 Å². The molecule has 2 heterocycles. The molecule has 2 aromatic heterocycles. The number of para-hydroxylation sites is 1. The summed E-state index contributed by atoms with van der Waals surface area (Å²) >= 11 is 1.30. The van der Waals surface area contributed by atoms with Crippen molar-refractivity contribution in [2.24, 2.45) is 0 Å². The second-order valence-electron chi connectivity index (χ2n) is 5.99. The topological polar surface area (TPSA) is 51.0 Å². The van der Waals surface area contributed by atoms with Crippen LogP contribution in [-0.2, 0) is 13.1 Å². The van der Waals surface area contributed by atoms with E-state index in [2.05, 4.69) is 10.1 Å². The quantitative estimate of drug-likeness (QED) is 0.512. The predicted molar refractivity (Wildman–Crippen MR) is 104 cm³/mol. The smallest absolute Gasteiger partial charge is 0.278 e. The van der Waals surface area contributed by atoms with Crippen molar-refractivity contribution in [1.82, 2.24) is 14.8 Å². The third-order valence-electron chi connectivity index (χ3n) is 4.25. The number of carbonyl (C=O) groups excluding carboxylic acids is 1. The molecule has 0 saturated heterocycles. The molecule has 1 amide bonds. The molecular formula is C20H17FN4OS. The monoisotopic (exact) mass is 380 g/mol. The second kappa shape index (κ2) is 7.28. The molecular weight excluding hydrogens is 363 g/mol. The van der Waals surface area contributed by atoms with E-state index in [1.807, 2.05) is 37.3 Å². The normalized spacial score (nSPS) is 11.0. The van der Waals surface area contributed by atoms with Gasteiger partial charge in [0.1, 0.15) is 17.0 Å². The van der Waals surface area contributed by atoms with E-state index in [-0.39, 0.29) is 17.2 Å². The lowest BCUT2D eigenvalue weighted by Gasteiger charge is -2.20. The molecule has 0 saturated carbocycles. The van der Waals surface area contributed by atoms with Gasteiger partial charge in [0.25, 0.3) is 5.91 Å². The van der Waals surface area contributed by atoms with Crippen LogP contribution in [-0.4, -0.2) is 20.7 Å². The highest BCUT2D eigenvalue weighted by Crippen LogP contribution is 2.32. The number of fused-ring (bicyclic) bond motifs is 1. The fourth-order valence-corrected chi connectivity index (χ4v) is 3.89. The third-order valence-corrected chi connectivity index (χ3v) is 5.30. The van der Waals surface area contributed by atoms with E-state index in [1.54, 1.807) is 34.0 Å². The van der Waals surface area contributed by atoms with E-state index in [9.17, 15) is 9.18 Å². The number of aryl methyl sites for hydroxylation is 1. The summed E-state index contributed by atoms with van der Waals surface area (Å²) in [5, 5.41) is 4.65. The highest BCUT2D eigenvalue weighted by Gasteiger charge is 2.24. The van der Waals surface area contributed by atoms with Crippen LogP contribution in [0.4, 0.5) is 9.52 Å². The first-order valence-electron chi connectivity index (χ1n) is 8.60. The lowest BCUT2D eigenvalue weighted by atomic mass is 10.2. The Morgan fingerprint density at radius 1 is 1.15 bits per heavy atom. The van der Waals surface area contributed by atoms with Crippen molar-refractivity contribution in [1.29, 1.82) is 0 Å². The molecule has 27 heavy (non-hydrogen) atoms. The van der Waals surface area contributed by atoms with Crippen molar-refractivity contribution in [3.05, 3.63) is 77.9 Å². The predicted octanol–water partition coefficient (Wildman–Crippen LogP) is 4.50. The van der Waals surface area contributed by atoms with Gasteiger partial charge < -0.3 is 0 Å². The molecule has 4 rings (SSSR count). The van der Waals surface area contributed by atoms with Gasteiger partial charge in [-0.05, 0) is 30.7 Å². The SMILES string of the molecule is CCn1nccc1C(=O)N(Cc1ccccc1)c1nc2c(F)cccc2s1. The highest BCUT2D eigenvalue weighted by molar-refractivity contribution is 7.22. The molecule has 0 atom stereocenters. The van der Waals surface area contributed by atoms with Crippen LogP contribution in [0.15, 0.2) is 60.8 Å². The van der Waals surface area contributed by atoms with Crippen LogP contribution in [0.5, 0.6) is 0 Å². The van der Waals surface area contributed by atoms with E-state index in [0.29, 0.717) is 28.6 Å². The molecule has 0 aliphatic rings. The van der Waals surface area contributed by atoms with Gasteiger partial charge in [-0.2, -0.15) is 5.10 Å². The molecule has 0 spiro atoms. The summed E-state index contributed by atoms with van der Waals surface area (Å²) in [4.78, 5) is 19.3. The average molecular weight is 380 g/mol. The van der Waals surface area contributed by atoms with Gasteiger partial charge in [-0.15, -0.1) is 0 Å². The Labute approximate surface area is 159 Å². The van der Waals surface area contributed by atoms with E-state index in [1.165, 1.54) is 17.4 Å². The van der Waals surface area contributed by atoms with Crippen molar-refractivity contribution in [2.45, 2.75) is 20.0 Å². The van der Waals surface area contributed by atoms with Gasteiger partial charge in [-0.3, -0.25) is 14.4 Å². The van der Waals surface area contributed by atoms with E-state index in [0.717, 1.165) is 5.56 Å². The van der Waals surface area contributed by atoms with E-state index >= 15 is 0 Å². The molecule has 0 fully saturated rings. The van der Waals surface area contributed by atoms with Crippen molar-refractivity contribution in [2.75, 3.05) is 4.90 Å². The zero-order valence-corrected chi connectivity index (χ0v) is 15.5. The van der Waals surface area contributed by atoms with Gasteiger partial charge in [-0.25, -0.2) is 9.37 Å². The summed E-state index contributed by atoms with van der Waals surface area (Å²) in [6.07, 6.45) is 1.61. The molecule has 2 aromatic carbocycles. The Morgan fingerprint density at radius 2 is 1.96 bits per heavy atom. The lowest BCUT2D eigenvalue weighted by molar-refractivity contribution is 0.0975. The summed E-state index contributed by atoms with van der Waals surface area (Å²) in [6.45, 7) is 2.86. The zero-order valence-electron chi connectivity index (χ0n) is 14.7. The first kappa shape index (κ1) is 17.4. The minimum Gasteiger partial charge on any atom is -0.278 e. The maximum absolute atomic E-state index is 14.1. The van der Waals surface area contributed by atoms with Crippen LogP contribution in [0, 0.1) is 5.82 Å². The Hall–Kier alpha value is -3.06. The van der Waals surface area contributed by atoms with Crippen LogP contribution >= 0.6 is 11.3 Å². The summed E-state index contributed by atoms with van der Waals surface area (Å²) in [5.74, 6) is -0.599. The fourth-order valence-electron chi connectivity index (χ4n) is 2.92. The van der Waals surface area contributed by atoms with Crippen LogP contribution in [0.3, 0.4) is 0 Å². The molecule has 0 aliphatic heterocycles. The van der Waals surface area contributed by atoms with Crippen molar-refractivity contribution in [3.63, 3.8) is 0 Å². The van der Waals surface area contributed by atoms with Crippen LogP contribution < -0.4 is 4.90 Å². The van der Waals surface area contributed by atoms with Gasteiger partial charge in [-0.1, -0.05) is 47.7 Å². The number of anilines is 1. The van der Waals surface area contributed by atoms with Gasteiger partial charge >= 0.3 is 0 Å². The number of hydrogen-bond acceptors (Lipinski definition) is 4. The summed E-state index contributed by atoms with van der Waals surface area (Å²) in [5.41, 5.74) is 1.73.